The summed E-state index contributed by atoms with van der Waals surface area (Å²) < 4.78 is 26.0. The molecule has 190 valence electrons. The number of unbranched alkanes of at least 4 members (excludes halogenated alkanes) is 2. The summed E-state index contributed by atoms with van der Waals surface area (Å²) in [5.41, 5.74) is 2.83. The van der Waals surface area contributed by atoms with Crippen molar-refractivity contribution in [3.63, 3.8) is 0 Å². The van der Waals surface area contributed by atoms with Crippen LogP contribution in [0.25, 0.3) is 11.1 Å². The van der Waals surface area contributed by atoms with Crippen molar-refractivity contribution in [2.24, 2.45) is 5.92 Å². The van der Waals surface area contributed by atoms with Crippen LogP contribution in [0.5, 0.6) is 11.5 Å². The third-order valence-electron chi connectivity index (χ3n) is 7.30. The molecule has 0 aromatic heterocycles. The Bertz CT molecular complexity index is 1110. The molecule has 0 atom stereocenters. The second-order valence-corrected chi connectivity index (χ2v) is 9.82. The van der Waals surface area contributed by atoms with Crippen LogP contribution < -0.4 is 9.47 Å². The van der Waals surface area contributed by atoms with Gasteiger partial charge in [0.25, 0.3) is 0 Å². The fraction of sp³-hybridized carbons (Fsp3) is 0.406. The lowest BCUT2D eigenvalue weighted by molar-refractivity contribution is 0.0734. The Kier molecular flexibility index (Phi) is 9.16. The van der Waals surface area contributed by atoms with Gasteiger partial charge in [-0.3, -0.25) is 0 Å². The molecule has 0 spiro atoms. The minimum absolute atomic E-state index is 0.206. The number of benzene rings is 3. The summed E-state index contributed by atoms with van der Waals surface area (Å²) in [7, 11) is 0. The Morgan fingerprint density at radius 2 is 1.56 bits per heavy atom. The molecule has 1 saturated carbocycles. The molecular weight excluding hydrogens is 451 g/mol. The summed E-state index contributed by atoms with van der Waals surface area (Å²) in [6, 6.07) is 19.5. The molecule has 1 aliphatic rings. The van der Waals surface area contributed by atoms with E-state index in [0.717, 1.165) is 35.6 Å². The molecule has 0 unspecified atom stereocenters. The first-order chi connectivity index (χ1) is 17.6. The highest BCUT2D eigenvalue weighted by atomic mass is 19.1. The molecule has 3 aromatic rings. The van der Waals surface area contributed by atoms with Crippen molar-refractivity contribution in [3.8, 4) is 22.6 Å². The summed E-state index contributed by atoms with van der Waals surface area (Å²) >= 11 is 0. The largest absolute Gasteiger partial charge is 0.494 e. The molecule has 4 heteroatoms. The number of ether oxygens (including phenoxy) is 2. The van der Waals surface area contributed by atoms with Crippen LogP contribution in [0.1, 0.15) is 87.1 Å². The Hall–Kier alpha value is -3.14. The number of halogens is 1. The standard InChI is InChI=1S/C32H37FO3/c1-3-5-6-7-23-8-10-24(11-9-23)27-16-21-30(31(33)22-27)25-12-14-26(15-13-25)32(34)36-29-19-17-28(18-20-29)35-4-2/h12-24H,3-11H2,1-2H3/t23-,24-. The van der Waals surface area contributed by atoms with Gasteiger partial charge in [-0.15, -0.1) is 0 Å². The molecule has 1 aliphatic carbocycles. The molecule has 36 heavy (non-hydrogen) atoms. The van der Waals surface area contributed by atoms with E-state index in [2.05, 4.69) is 13.0 Å². The van der Waals surface area contributed by atoms with Gasteiger partial charge in [0.05, 0.1) is 12.2 Å². The maximum Gasteiger partial charge on any atom is 0.343 e. The molecule has 3 aromatic carbocycles. The van der Waals surface area contributed by atoms with Gasteiger partial charge in [0, 0.05) is 5.56 Å². The number of carbonyl (C=O) groups is 1. The number of rotatable bonds is 10. The van der Waals surface area contributed by atoms with Gasteiger partial charge in [0.1, 0.15) is 17.3 Å². The highest BCUT2D eigenvalue weighted by Gasteiger charge is 2.23. The first-order valence-electron chi connectivity index (χ1n) is 13.4. The summed E-state index contributed by atoms with van der Waals surface area (Å²) in [6.07, 6.45) is 10.1. The first-order valence-corrected chi connectivity index (χ1v) is 13.4. The van der Waals surface area contributed by atoms with E-state index in [1.165, 1.54) is 38.5 Å². The maximum atomic E-state index is 15.1. The summed E-state index contributed by atoms with van der Waals surface area (Å²) in [4.78, 5) is 12.5. The number of carbonyl (C=O) groups excluding carboxylic acids is 1. The predicted molar refractivity (Wildman–Crippen MR) is 143 cm³/mol. The van der Waals surface area contributed by atoms with E-state index in [0.29, 0.717) is 29.4 Å². The fourth-order valence-corrected chi connectivity index (χ4v) is 5.21. The molecule has 0 amide bonds. The molecule has 0 heterocycles. The molecule has 3 nitrogen and oxygen atoms in total. The lowest BCUT2D eigenvalue weighted by Crippen LogP contribution is -2.13. The van der Waals surface area contributed by atoms with Gasteiger partial charge in [-0.2, -0.15) is 0 Å². The molecule has 0 aliphatic heterocycles. The van der Waals surface area contributed by atoms with Crippen molar-refractivity contribution in [1.82, 2.24) is 0 Å². The van der Waals surface area contributed by atoms with Gasteiger partial charge in [-0.1, -0.05) is 56.9 Å². The predicted octanol–water partition coefficient (Wildman–Crippen LogP) is 8.96. The fourth-order valence-electron chi connectivity index (χ4n) is 5.21. The third-order valence-corrected chi connectivity index (χ3v) is 7.30. The van der Waals surface area contributed by atoms with E-state index in [-0.39, 0.29) is 5.82 Å². The average molecular weight is 489 g/mol. The van der Waals surface area contributed by atoms with Gasteiger partial charge in [0.15, 0.2) is 0 Å². The van der Waals surface area contributed by atoms with Crippen LogP contribution in [0.2, 0.25) is 0 Å². The number of esters is 1. The van der Waals surface area contributed by atoms with Gasteiger partial charge in [-0.05, 0) is 98.0 Å². The zero-order valence-corrected chi connectivity index (χ0v) is 21.5. The van der Waals surface area contributed by atoms with E-state index in [9.17, 15) is 4.79 Å². The zero-order chi connectivity index (χ0) is 25.3. The van der Waals surface area contributed by atoms with Crippen molar-refractivity contribution < 1.29 is 18.7 Å². The monoisotopic (exact) mass is 488 g/mol. The van der Waals surface area contributed by atoms with Crippen LogP contribution in [0.4, 0.5) is 4.39 Å². The SMILES string of the molecule is CCCCC[C@H]1CC[C@H](c2ccc(-c3ccc(C(=O)Oc4ccc(OCC)cc4)cc3)c(F)c2)CC1. The number of hydrogen-bond acceptors (Lipinski definition) is 3. The van der Waals surface area contributed by atoms with Crippen LogP contribution in [0.15, 0.2) is 66.7 Å². The molecular formula is C32H37FO3. The summed E-state index contributed by atoms with van der Waals surface area (Å²) in [6.45, 7) is 4.75. The molecule has 0 bridgehead atoms. The van der Waals surface area contributed by atoms with Crippen LogP contribution >= 0.6 is 0 Å². The minimum atomic E-state index is -0.452. The van der Waals surface area contributed by atoms with Gasteiger partial charge in [-0.25, -0.2) is 9.18 Å². The highest BCUT2D eigenvalue weighted by molar-refractivity contribution is 5.91. The number of hydrogen-bond donors (Lipinski definition) is 0. The Morgan fingerprint density at radius 3 is 2.19 bits per heavy atom. The minimum Gasteiger partial charge on any atom is -0.494 e. The van der Waals surface area contributed by atoms with Crippen LogP contribution in [0.3, 0.4) is 0 Å². The molecule has 4 rings (SSSR count). The maximum absolute atomic E-state index is 15.1. The highest BCUT2D eigenvalue weighted by Crippen LogP contribution is 2.39. The Labute approximate surface area is 214 Å². The lowest BCUT2D eigenvalue weighted by Gasteiger charge is -2.29. The van der Waals surface area contributed by atoms with Crippen molar-refractivity contribution in [2.75, 3.05) is 6.61 Å². The molecule has 1 fully saturated rings. The second-order valence-electron chi connectivity index (χ2n) is 9.82. The van der Waals surface area contributed by atoms with Gasteiger partial charge >= 0.3 is 5.97 Å². The molecule has 0 N–H and O–H groups in total. The normalized spacial score (nSPS) is 17.5. The van der Waals surface area contributed by atoms with E-state index in [4.69, 9.17) is 9.47 Å². The van der Waals surface area contributed by atoms with Crippen LogP contribution in [-0.2, 0) is 0 Å². The summed E-state index contributed by atoms with van der Waals surface area (Å²) in [5, 5.41) is 0. The van der Waals surface area contributed by atoms with Crippen molar-refractivity contribution in [3.05, 3.63) is 83.7 Å². The second kappa shape index (κ2) is 12.7. The third kappa shape index (κ3) is 6.75. The van der Waals surface area contributed by atoms with Crippen LogP contribution in [0, 0.1) is 11.7 Å². The Balaban J connectivity index is 1.35. The van der Waals surface area contributed by atoms with Crippen molar-refractivity contribution in [2.45, 2.75) is 71.1 Å². The van der Waals surface area contributed by atoms with E-state index >= 15 is 4.39 Å². The average Bonchev–Trinajstić information content (AvgIpc) is 2.90. The van der Waals surface area contributed by atoms with Crippen LogP contribution in [-0.4, -0.2) is 12.6 Å². The van der Waals surface area contributed by atoms with Crippen molar-refractivity contribution >= 4 is 5.97 Å². The van der Waals surface area contributed by atoms with Crippen molar-refractivity contribution in [1.29, 1.82) is 0 Å². The van der Waals surface area contributed by atoms with E-state index in [1.54, 1.807) is 54.6 Å². The van der Waals surface area contributed by atoms with Gasteiger partial charge < -0.3 is 9.47 Å². The van der Waals surface area contributed by atoms with E-state index in [1.807, 2.05) is 13.0 Å². The van der Waals surface area contributed by atoms with Gasteiger partial charge in [0.2, 0.25) is 0 Å². The first kappa shape index (κ1) is 25.9. The molecule has 0 radical (unpaired) electrons. The van der Waals surface area contributed by atoms with E-state index < -0.39 is 5.97 Å². The lowest BCUT2D eigenvalue weighted by atomic mass is 9.77. The Morgan fingerprint density at radius 1 is 0.861 bits per heavy atom. The summed E-state index contributed by atoms with van der Waals surface area (Å²) in [5.74, 6) is 1.82. The topological polar surface area (TPSA) is 35.5 Å². The quantitative estimate of drug-likeness (QED) is 0.162. The molecule has 0 saturated heterocycles. The smallest absolute Gasteiger partial charge is 0.343 e. The zero-order valence-electron chi connectivity index (χ0n) is 21.5.